The molecule has 0 radical (unpaired) electrons. The van der Waals surface area contributed by atoms with Crippen LogP contribution in [0.3, 0.4) is 0 Å². The Morgan fingerprint density at radius 1 is 1.03 bits per heavy atom. The topological polar surface area (TPSA) is 59.8 Å². The number of aromatic nitrogens is 3. The van der Waals surface area contributed by atoms with E-state index in [0.717, 1.165) is 27.8 Å². The van der Waals surface area contributed by atoms with E-state index >= 15 is 0 Å². The lowest BCUT2D eigenvalue weighted by Crippen LogP contribution is -2.21. The van der Waals surface area contributed by atoms with E-state index in [2.05, 4.69) is 15.4 Å². The minimum Gasteiger partial charge on any atom is -0.310 e. The van der Waals surface area contributed by atoms with Gasteiger partial charge in [-0.2, -0.15) is 5.10 Å². The van der Waals surface area contributed by atoms with Crippen molar-refractivity contribution in [1.82, 2.24) is 14.8 Å². The molecule has 0 saturated carbocycles. The minimum absolute atomic E-state index is 0.130. The number of hydrogen-bond acceptors (Lipinski definition) is 3. The number of benzene rings is 2. The number of hydrogen-bond donors (Lipinski definition) is 1. The molecule has 2 aromatic heterocycles. The molecule has 4 rings (SSSR count). The Hall–Kier alpha value is -3.80. The molecule has 0 aliphatic heterocycles. The molecule has 4 aromatic rings. The summed E-state index contributed by atoms with van der Waals surface area (Å²) in [7, 11) is 1.78. The molecule has 2 aromatic carbocycles. The zero-order chi connectivity index (χ0) is 22.0. The van der Waals surface area contributed by atoms with Gasteiger partial charge in [0.05, 0.1) is 11.5 Å². The normalized spacial score (nSPS) is 11.9. The fourth-order valence-electron chi connectivity index (χ4n) is 3.58. The van der Waals surface area contributed by atoms with E-state index in [4.69, 9.17) is 0 Å². The lowest BCUT2D eigenvalue weighted by molar-refractivity contribution is -0.117. The van der Waals surface area contributed by atoms with Gasteiger partial charge >= 0.3 is 0 Å². The highest BCUT2D eigenvalue weighted by atomic mass is 19.1. The highest BCUT2D eigenvalue weighted by Gasteiger charge is 2.23. The van der Waals surface area contributed by atoms with Gasteiger partial charge in [-0.05, 0) is 61.4 Å². The number of carbonyl (C=O) groups is 1. The number of nitrogens with one attached hydrogen (secondary N) is 1. The van der Waals surface area contributed by atoms with Gasteiger partial charge in [0, 0.05) is 25.0 Å². The van der Waals surface area contributed by atoms with Crippen LogP contribution in [-0.4, -0.2) is 20.7 Å². The van der Waals surface area contributed by atoms with Crippen molar-refractivity contribution in [2.24, 2.45) is 7.05 Å². The largest absolute Gasteiger partial charge is 0.310 e. The van der Waals surface area contributed by atoms with Gasteiger partial charge in [0.25, 0.3) is 0 Å². The van der Waals surface area contributed by atoms with Crippen molar-refractivity contribution in [1.29, 1.82) is 0 Å². The van der Waals surface area contributed by atoms with Crippen LogP contribution in [0.1, 0.15) is 24.0 Å². The van der Waals surface area contributed by atoms with Crippen molar-refractivity contribution in [3.05, 3.63) is 90.0 Å². The molecule has 6 heteroatoms. The summed E-state index contributed by atoms with van der Waals surface area (Å²) in [5.41, 5.74) is 5.10. The van der Waals surface area contributed by atoms with Gasteiger partial charge in [0.15, 0.2) is 0 Å². The molecule has 0 bridgehead atoms. The van der Waals surface area contributed by atoms with Crippen LogP contribution in [0.4, 0.5) is 10.2 Å². The fraction of sp³-hybridized carbons (Fsp3) is 0.160. The maximum atomic E-state index is 13.5. The van der Waals surface area contributed by atoms with Crippen molar-refractivity contribution in [2.45, 2.75) is 19.8 Å². The van der Waals surface area contributed by atoms with E-state index in [1.165, 1.54) is 12.1 Å². The highest BCUT2D eigenvalue weighted by Crippen LogP contribution is 2.37. The van der Waals surface area contributed by atoms with Crippen LogP contribution in [0.25, 0.3) is 22.4 Å². The van der Waals surface area contributed by atoms with Gasteiger partial charge in [0.1, 0.15) is 17.3 Å². The van der Waals surface area contributed by atoms with Crippen LogP contribution in [0.2, 0.25) is 0 Å². The minimum atomic E-state index is -0.339. The van der Waals surface area contributed by atoms with E-state index < -0.39 is 0 Å². The molecule has 2 heterocycles. The molecule has 0 spiro atoms. The lowest BCUT2D eigenvalue weighted by Gasteiger charge is -2.15. The van der Waals surface area contributed by atoms with Gasteiger partial charge in [-0.1, -0.05) is 29.8 Å². The number of carbonyl (C=O) groups excluding carboxylic acids is 1. The quantitative estimate of drug-likeness (QED) is 0.480. The van der Waals surface area contributed by atoms with Crippen LogP contribution in [0.5, 0.6) is 0 Å². The molecule has 1 unspecified atom stereocenters. The van der Waals surface area contributed by atoms with E-state index in [1.807, 2.05) is 50.2 Å². The summed E-state index contributed by atoms with van der Waals surface area (Å²) in [6.07, 6.45) is 3.38. The maximum absolute atomic E-state index is 13.5. The first-order chi connectivity index (χ1) is 14.9. The summed E-state index contributed by atoms with van der Waals surface area (Å²) < 4.78 is 15.1. The zero-order valence-electron chi connectivity index (χ0n) is 17.6. The van der Waals surface area contributed by atoms with E-state index in [9.17, 15) is 9.18 Å². The molecule has 0 saturated heterocycles. The first kappa shape index (κ1) is 20.5. The van der Waals surface area contributed by atoms with E-state index in [1.54, 1.807) is 36.3 Å². The second-order valence-corrected chi connectivity index (χ2v) is 7.56. The highest BCUT2D eigenvalue weighted by molar-refractivity contribution is 6.00. The molecule has 31 heavy (non-hydrogen) atoms. The van der Waals surface area contributed by atoms with Crippen molar-refractivity contribution >= 4 is 11.7 Å². The van der Waals surface area contributed by atoms with Gasteiger partial charge in [-0.3, -0.25) is 14.5 Å². The Bertz CT molecular complexity index is 1220. The third-order valence-corrected chi connectivity index (χ3v) is 5.31. The first-order valence-corrected chi connectivity index (χ1v) is 10.0. The maximum Gasteiger partial charge on any atom is 0.232 e. The number of rotatable bonds is 5. The van der Waals surface area contributed by atoms with Crippen LogP contribution in [-0.2, 0) is 11.8 Å². The third kappa shape index (κ3) is 4.23. The second-order valence-electron chi connectivity index (χ2n) is 7.56. The molecular weight excluding hydrogens is 391 g/mol. The number of aryl methyl sites for hydroxylation is 2. The summed E-state index contributed by atoms with van der Waals surface area (Å²) in [6, 6.07) is 17.8. The van der Waals surface area contributed by atoms with Crippen LogP contribution >= 0.6 is 0 Å². The van der Waals surface area contributed by atoms with Crippen LogP contribution in [0.15, 0.2) is 73.1 Å². The Morgan fingerprint density at radius 2 is 1.74 bits per heavy atom. The Balaban J connectivity index is 1.77. The first-order valence-electron chi connectivity index (χ1n) is 10.0. The number of nitrogens with zero attached hydrogens (tertiary/aromatic N) is 3. The number of anilines is 1. The summed E-state index contributed by atoms with van der Waals surface area (Å²) in [5.74, 6) is -0.204. The summed E-state index contributed by atoms with van der Waals surface area (Å²) in [4.78, 5) is 17.2. The number of pyridine rings is 1. The predicted molar refractivity (Wildman–Crippen MR) is 120 cm³/mol. The SMILES string of the molecule is Cc1cccc(C(C)C(=O)Nc2c(-c3ccncc3)c(-c3ccc(F)cc3)nn2C)c1. The molecule has 1 N–H and O–H groups in total. The number of halogens is 1. The molecular formula is C25H23FN4O. The van der Waals surface area contributed by atoms with Crippen LogP contribution in [0, 0.1) is 12.7 Å². The predicted octanol–water partition coefficient (Wildman–Crippen LogP) is 5.34. The van der Waals surface area contributed by atoms with Crippen molar-refractivity contribution in [3.8, 4) is 22.4 Å². The molecule has 5 nitrogen and oxygen atoms in total. The van der Waals surface area contributed by atoms with Gasteiger partial charge in [-0.15, -0.1) is 0 Å². The van der Waals surface area contributed by atoms with E-state index in [-0.39, 0.29) is 17.6 Å². The Kier molecular flexibility index (Phi) is 5.62. The van der Waals surface area contributed by atoms with Crippen LogP contribution < -0.4 is 5.32 Å². The zero-order valence-corrected chi connectivity index (χ0v) is 17.6. The summed E-state index contributed by atoms with van der Waals surface area (Å²) >= 11 is 0. The van der Waals surface area contributed by atoms with Gasteiger partial charge in [0.2, 0.25) is 5.91 Å². The molecule has 1 atom stereocenters. The molecule has 0 aliphatic rings. The van der Waals surface area contributed by atoms with Gasteiger partial charge < -0.3 is 5.32 Å². The lowest BCUT2D eigenvalue weighted by atomic mass is 9.98. The van der Waals surface area contributed by atoms with Crippen molar-refractivity contribution < 1.29 is 9.18 Å². The summed E-state index contributed by atoms with van der Waals surface area (Å²) in [6.45, 7) is 3.89. The smallest absolute Gasteiger partial charge is 0.232 e. The second kappa shape index (κ2) is 8.52. The Labute approximate surface area is 180 Å². The van der Waals surface area contributed by atoms with Crippen molar-refractivity contribution in [3.63, 3.8) is 0 Å². The molecule has 156 valence electrons. The fourth-order valence-corrected chi connectivity index (χ4v) is 3.58. The number of amides is 1. The van der Waals surface area contributed by atoms with Crippen molar-refractivity contribution in [2.75, 3.05) is 5.32 Å². The monoisotopic (exact) mass is 414 g/mol. The summed E-state index contributed by atoms with van der Waals surface area (Å²) in [5, 5.41) is 7.71. The third-order valence-electron chi connectivity index (χ3n) is 5.31. The van der Waals surface area contributed by atoms with E-state index in [0.29, 0.717) is 11.5 Å². The Morgan fingerprint density at radius 3 is 2.42 bits per heavy atom. The molecule has 1 amide bonds. The van der Waals surface area contributed by atoms with Gasteiger partial charge in [-0.25, -0.2) is 4.39 Å². The average Bonchev–Trinajstić information content (AvgIpc) is 3.10. The standard InChI is InChI=1S/C25H23FN4O/c1-16-5-4-6-20(15-16)17(2)25(31)28-24-22(18-11-13-27-14-12-18)23(29-30(24)3)19-7-9-21(26)10-8-19/h4-15,17H,1-3H3,(H,28,31). The molecule has 0 aliphatic carbocycles. The average molecular weight is 414 g/mol. The molecule has 0 fully saturated rings.